The van der Waals surface area contributed by atoms with Crippen LogP contribution >= 0.6 is 0 Å². The van der Waals surface area contributed by atoms with Crippen LogP contribution in [-0.2, 0) is 0 Å². The molecule has 0 spiro atoms. The average molecular weight is 218 g/mol. The molecular formula is C15H22O. The molecular weight excluding hydrogens is 196 g/mol. The minimum absolute atomic E-state index is 0.112. The number of ether oxygens (including phenoxy) is 1. The zero-order chi connectivity index (χ0) is 12.3. The first kappa shape index (κ1) is 12.8. The van der Waals surface area contributed by atoms with Crippen molar-refractivity contribution < 1.29 is 4.74 Å². The Labute approximate surface area is 99.1 Å². The molecule has 1 heteroatoms. The lowest BCUT2D eigenvalue weighted by molar-refractivity contribution is 0.242. The van der Waals surface area contributed by atoms with E-state index in [1.165, 1.54) is 5.56 Å². The summed E-state index contributed by atoms with van der Waals surface area (Å²) in [6.45, 7) is 14.7. The van der Waals surface area contributed by atoms with Gasteiger partial charge < -0.3 is 4.74 Å². The number of hydrogen-bond donors (Lipinski definition) is 0. The van der Waals surface area contributed by atoms with Gasteiger partial charge >= 0.3 is 0 Å². The van der Waals surface area contributed by atoms with Crippen LogP contribution in [0, 0.1) is 5.41 Å². The lowest BCUT2D eigenvalue weighted by Gasteiger charge is -2.22. The highest BCUT2D eigenvalue weighted by molar-refractivity contribution is 5.67. The maximum atomic E-state index is 5.60. The van der Waals surface area contributed by atoms with E-state index in [9.17, 15) is 0 Å². The van der Waals surface area contributed by atoms with E-state index in [2.05, 4.69) is 39.5 Å². The van der Waals surface area contributed by atoms with Crippen LogP contribution in [0.15, 0.2) is 30.8 Å². The minimum Gasteiger partial charge on any atom is -0.491 e. The molecule has 88 valence electrons. The van der Waals surface area contributed by atoms with E-state index in [1.807, 2.05) is 26.0 Å². The van der Waals surface area contributed by atoms with Gasteiger partial charge in [0.2, 0.25) is 0 Å². The Morgan fingerprint density at radius 2 is 1.62 bits per heavy atom. The topological polar surface area (TPSA) is 9.23 Å². The van der Waals surface area contributed by atoms with Crippen LogP contribution in [0.1, 0.15) is 40.2 Å². The lowest BCUT2D eigenvalue weighted by Crippen LogP contribution is -2.08. The van der Waals surface area contributed by atoms with Crippen LogP contribution in [0.5, 0.6) is 5.75 Å². The smallest absolute Gasteiger partial charge is 0.119 e. The summed E-state index contributed by atoms with van der Waals surface area (Å²) in [7, 11) is 0. The molecule has 1 rings (SSSR count). The molecule has 0 fully saturated rings. The van der Waals surface area contributed by atoms with Gasteiger partial charge in [-0.1, -0.05) is 39.5 Å². The van der Waals surface area contributed by atoms with E-state index in [0.29, 0.717) is 0 Å². The van der Waals surface area contributed by atoms with Crippen molar-refractivity contribution in [1.29, 1.82) is 0 Å². The van der Waals surface area contributed by atoms with Crippen LogP contribution in [0.25, 0.3) is 5.57 Å². The number of allylic oxidation sites excluding steroid dienone is 1. The van der Waals surface area contributed by atoms with Gasteiger partial charge in [-0.05, 0) is 42.5 Å². The van der Waals surface area contributed by atoms with E-state index in [1.54, 1.807) is 0 Å². The van der Waals surface area contributed by atoms with Crippen molar-refractivity contribution >= 4 is 5.57 Å². The van der Waals surface area contributed by atoms with Gasteiger partial charge in [0.15, 0.2) is 0 Å². The summed E-state index contributed by atoms with van der Waals surface area (Å²) >= 11 is 0. The van der Waals surface area contributed by atoms with E-state index in [0.717, 1.165) is 11.3 Å². The number of hydrogen-bond acceptors (Lipinski definition) is 1. The summed E-state index contributed by atoms with van der Waals surface area (Å²) in [5, 5.41) is 0. The van der Waals surface area contributed by atoms with Crippen molar-refractivity contribution in [3.63, 3.8) is 0 Å². The predicted molar refractivity (Wildman–Crippen MR) is 70.7 cm³/mol. The number of benzene rings is 1. The second-order valence-electron chi connectivity index (χ2n) is 5.42. The average Bonchev–Trinajstić information content (AvgIpc) is 2.15. The molecule has 0 saturated carbocycles. The quantitative estimate of drug-likeness (QED) is 0.724. The van der Waals surface area contributed by atoms with Crippen molar-refractivity contribution in [2.45, 2.75) is 40.7 Å². The fraction of sp³-hybridized carbons (Fsp3) is 0.467. The fourth-order valence-electron chi connectivity index (χ4n) is 1.44. The summed E-state index contributed by atoms with van der Waals surface area (Å²) in [5.74, 6) is 0.917. The van der Waals surface area contributed by atoms with Gasteiger partial charge in [-0.3, -0.25) is 0 Å². The molecule has 16 heavy (non-hydrogen) atoms. The van der Waals surface area contributed by atoms with E-state index in [-0.39, 0.29) is 11.5 Å². The third-order valence-corrected chi connectivity index (χ3v) is 2.48. The van der Waals surface area contributed by atoms with Gasteiger partial charge in [0.1, 0.15) is 5.75 Å². The second-order valence-corrected chi connectivity index (χ2v) is 5.42. The zero-order valence-corrected chi connectivity index (χ0v) is 11.0. The van der Waals surface area contributed by atoms with Crippen molar-refractivity contribution in [3.8, 4) is 5.75 Å². The molecule has 0 radical (unpaired) electrons. The molecule has 1 aromatic carbocycles. The molecule has 0 atom stereocenters. The highest BCUT2D eigenvalue weighted by Gasteiger charge is 2.16. The van der Waals surface area contributed by atoms with Gasteiger partial charge in [-0.15, -0.1) is 0 Å². The fourth-order valence-corrected chi connectivity index (χ4v) is 1.44. The monoisotopic (exact) mass is 218 g/mol. The van der Waals surface area contributed by atoms with Crippen LogP contribution in [0.4, 0.5) is 0 Å². The van der Waals surface area contributed by atoms with E-state index in [4.69, 9.17) is 4.74 Å². The standard InChI is InChI=1S/C15H22O/c1-11(2)16-14-9-7-13(8-10-14)12(3)15(4,5)6/h7-11H,3H2,1-2,4-6H3. The first-order chi connectivity index (χ1) is 7.30. The van der Waals surface area contributed by atoms with Gasteiger partial charge in [-0.25, -0.2) is 0 Å². The first-order valence-electron chi connectivity index (χ1n) is 5.77. The van der Waals surface area contributed by atoms with Gasteiger partial charge in [-0.2, -0.15) is 0 Å². The van der Waals surface area contributed by atoms with Crippen molar-refractivity contribution in [3.05, 3.63) is 36.4 Å². The molecule has 0 bridgehead atoms. The molecule has 0 heterocycles. The van der Waals surface area contributed by atoms with Gasteiger partial charge in [0.25, 0.3) is 0 Å². The number of rotatable bonds is 3. The predicted octanol–water partition coefficient (Wildman–Crippen LogP) is 4.53. The summed E-state index contributed by atoms with van der Waals surface area (Å²) in [6.07, 6.45) is 0.219. The van der Waals surface area contributed by atoms with E-state index >= 15 is 0 Å². The second kappa shape index (κ2) is 4.73. The van der Waals surface area contributed by atoms with Gasteiger partial charge in [0.05, 0.1) is 6.10 Å². The van der Waals surface area contributed by atoms with Crippen LogP contribution in [0.3, 0.4) is 0 Å². The molecule has 0 aliphatic heterocycles. The third-order valence-electron chi connectivity index (χ3n) is 2.48. The summed E-state index contributed by atoms with van der Waals surface area (Å²) in [4.78, 5) is 0. The largest absolute Gasteiger partial charge is 0.491 e. The molecule has 0 N–H and O–H groups in total. The maximum Gasteiger partial charge on any atom is 0.119 e. The minimum atomic E-state index is 0.112. The molecule has 1 aromatic rings. The molecule has 0 amide bonds. The van der Waals surface area contributed by atoms with Crippen LogP contribution in [0.2, 0.25) is 0 Å². The summed E-state index contributed by atoms with van der Waals surface area (Å²) in [5.41, 5.74) is 2.45. The summed E-state index contributed by atoms with van der Waals surface area (Å²) < 4.78 is 5.60. The van der Waals surface area contributed by atoms with Crippen molar-refractivity contribution in [2.24, 2.45) is 5.41 Å². The Morgan fingerprint density at radius 3 is 2.00 bits per heavy atom. The normalized spacial score (nSPS) is 11.6. The Balaban J connectivity index is 2.83. The van der Waals surface area contributed by atoms with Crippen molar-refractivity contribution in [1.82, 2.24) is 0 Å². The maximum absolute atomic E-state index is 5.60. The molecule has 0 aliphatic carbocycles. The Morgan fingerprint density at radius 1 is 1.12 bits per heavy atom. The highest BCUT2D eigenvalue weighted by Crippen LogP contribution is 2.32. The zero-order valence-electron chi connectivity index (χ0n) is 11.0. The molecule has 0 aliphatic rings. The van der Waals surface area contributed by atoms with Crippen LogP contribution in [-0.4, -0.2) is 6.10 Å². The molecule has 0 saturated heterocycles. The molecule has 0 unspecified atom stereocenters. The first-order valence-corrected chi connectivity index (χ1v) is 5.77. The summed E-state index contributed by atoms with van der Waals surface area (Å²) in [6, 6.07) is 8.16. The van der Waals surface area contributed by atoms with Crippen LogP contribution < -0.4 is 4.74 Å². The SMILES string of the molecule is C=C(c1ccc(OC(C)C)cc1)C(C)(C)C. The third kappa shape index (κ3) is 3.41. The van der Waals surface area contributed by atoms with E-state index < -0.39 is 0 Å². The van der Waals surface area contributed by atoms with Crippen molar-refractivity contribution in [2.75, 3.05) is 0 Å². The molecule has 1 nitrogen and oxygen atoms in total. The Bertz CT molecular complexity index is 352. The molecule has 0 aromatic heterocycles. The highest BCUT2D eigenvalue weighted by atomic mass is 16.5. The van der Waals surface area contributed by atoms with Gasteiger partial charge in [0, 0.05) is 0 Å². The Hall–Kier alpha value is -1.24. The Kier molecular flexibility index (Phi) is 3.79. The lowest BCUT2D eigenvalue weighted by atomic mass is 9.83.